The summed E-state index contributed by atoms with van der Waals surface area (Å²) in [6.45, 7) is 3.18. The molecule has 0 saturated heterocycles. The zero-order valence-corrected chi connectivity index (χ0v) is 12.0. The average molecular weight is 258 g/mol. The Hall–Kier alpha value is -1.12. The molecule has 0 atom stereocenters. The molecule has 0 amide bonds. The zero-order chi connectivity index (χ0) is 13.3. The molecule has 1 N–H and O–H groups in total. The van der Waals surface area contributed by atoms with Gasteiger partial charge in [0.05, 0.1) is 0 Å². The lowest BCUT2D eigenvalue weighted by atomic mass is 10.2. The smallest absolute Gasteiger partial charge is 0.0138 e. The standard InChI is InChI=1S/C17H26N2/c1-19(17-11-5-6-12-17)15-14-18-13-7-10-16-8-3-2-4-9-16/h2-4,7-10,17-18H,5-6,11-15H2,1H3. The monoisotopic (exact) mass is 258 g/mol. The van der Waals surface area contributed by atoms with Crippen molar-refractivity contribution in [2.24, 2.45) is 0 Å². The van der Waals surface area contributed by atoms with Gasteiger partial charge in [0.1, 0.15) is 0 Å². The molecule has 2 rings (SSSR count). The Bertz CT molecular complexity index is 366. The molecule has 1 aliphatic carbocycles. The van der Waals surface area contributed by atoms with E-state index in [1.807, 2.05) is 0 Å². The molecule has 0 bridgehead atoms. The number of rotatable bonds is 7. The van der Waals surface area contributed by atoms with E-state index >= 15 is 0 Å². The highest BCUT2D eigenvalue weighted by Gasteiger charge is 2.18. The van der Waals surface area contributed by atoms with Crippen LogP contribution in [0.1, 0.15) is 31.2 Å². The maximum atomic E-state index is 3.48. The minimum Gasteiger partial charge on any atom is -0.312 e. The van der Waals surface area contributed by atoms with Gasteiger partial charge in [-0.05, 0) is 25.5 Å². The van der Waals surface area contributed by atoms with E-state index in [9.17, 15) is 0 Å². The second-order valence-electron chi connectivity index (χ2n) is 5.44. The summed E-state index contributed by atoms with van der Waals surface area (Å²) in [4.78, 5) is 2.51. The van der Waals surface area contributed by atoms with Crippen LogP contribution in [0.5, 0.6) is 0 Å². The highest BCUT2D eigenvalue weighted by atomic mass is 15.1. The van der Waals surface area contributed by atoms with E-state index < -0.39 is 0 Å². The zero-order valence-electron chi connectivity index (χ0n) is 12.0. The minimum atomic E-state index is 0.835. The topological polar surface area (TPSA) is 15.3 Å². The largest absolute Gasteiger partial charge is 0.312 e. The third kappa shape index (κ3) is 5.17. The second-order valence-corrected chi connectivity index (χ2v) is 5.44. The third-order valence-corrected chi connectivity index (χ3v) is 3.96. The van der Waals surface area contributed by atoms with Gasteiger partial charge in [0.2, 0.25) is 0 Å². The molecule has 2 nitrogen and oxygen atoms in total. The van der Waals surface area contributed by atoms with Crippen LogP contribution in [-0.4, -0.2) is 37.6 Å². The number of nitrogens with zero attached hydrogens (tertiary/aromatic N) is 1. The summed E-state index contributed by atoms with van der Waals surface area (Å²) < 4.78 is 0. The number of nitrogens with one attached hydrogen (secondary N) is 1. The maximum Gasteiger partial charge on any atom is 0.0138 e. The second kappa shape index (κ2) is 8.13. The molecule has 0 spiro atoms. The van der Waals surface area contributed by atoms with Gasteiger partial charge in [0.25, 0.3) is 0 Å². The van der Waals surface area contributed by atoms with Gasteiger partial charge in [-0.3, -0.25) is 0 Å². The van der Waals surface area contributed by atoms with E-state index in [1.165, 1.54) is 31.2 Å². The first-order chi connectivity index (χ1) is 9.36. The molecular formula is C17H26N2. The number of benzene rings is 1. The average Bonchev–Trinajstić information content (AvgIpc) is 2.98. The summed E-state index contributed by atoms with van der Waals surface area (Å²) in [6.07, 6.45) is 10.00. The van der Waals surface area contributed by atoms with Crippen LogP contribution in [0.3, 0.4) is 0 Å². The summed E-state index contributed by atoms with van der Waals surface area (Å²) in [5, 5.41) is 3.48. The van der Waals surface area contributed by atoms with Crippen molar-refractivity contribution >= 4 is 6.08 Å². The van der Waals surface area contributed by atoms with E-state index in [0.29, 0.717) is 0 Å². The SMILES string of the molecule is CN(CCNCC=Cc1ccccc1)C1CCCC1. The number of hydrogen-bond acceptors (Lipinski definition) is 2. The first kappa shape index (κ1) is 14.3. The Balaban J connectivity index is 1.55. The minimum absolute atomic E-state index is 0.835. The molecule has 1 aromatic rings. The number of hydrogen-bond donors (Lipinski definition) is 1. The Morgan fingerprint density at radius 3 is 2.68 bits per heavy atom. The van der Waals surface area contributed by atoms with Crippen molar-refractivity contribution in [3.05, 3.63) is 42.0 Å². The van der Waals surface area contributed by atoms with Crippen LogP contribution >= 0.6 is 0 Å². The molecule has 0 radical (unpaired) electrons. The van der Waals surface area contributed by atoms with Crippen molar-refractivity contribution in [2.45, 2.75) is 31.7 Å². The molecule has 1 aliphatic rings. The summed E-state index contributed by atoms with van der Waals surface area (Å²) in [6, 6.07) is 11.3. The highest BCUT2D eigenvalue weighted by Crippen LogP contribution is 2.21. The van der Waals surface area contributed by atoms with Crippen LogP contribution in [0.15, 0.2) is 36.4 Å². The van der Waals surface area contributed by atoms with Crippen molar-refractivity contribution in [3.63, 3.8) is 0 Å². The van der Waals surface area contributed by atoms with Crippen LogP contribution in [0, 0.1) is 0 Å². The summed E-state index contributed by atoms with van der Waals surface area (Å²) in [5.41, 5.74) is 1.27. The lowest BCUT2D eigenvalue weighted by Gasteiger charge is -2.23. The van der Waals surface area contributed by atoms with Gasteiger partial charge in [-0.1, -0.05) is 55.3 Å². The Kier molecular flexibility index (Phi) is 6.12. The lowest BCUT2D eigenvalue weighted by Crippen LogP contribution is -2.35. The molecule has 1 aromatic carbocycles. The van der Waals surface area contributed by atoms with Gasteiger partial charge in [0, 0.05) is 25.7 Å². The van der Waals surface area contributed by atoms with E-state index in [2.05, 4.69) is 59.7 Å². The maximum absolute atomic E-state index is 3.48. The van der Waals surface area contributed by atoms with Crippen LogP contribution < -0.4 is 5.32 Å². The lowest BCUT2D eigenvalue weighted by molar-refractivity contribution is 0.246. The van der Waals surface area contributed by atoms with Crippen molar-refractivity contribution in [3.8, 4) is 0 Å². The molecule has 0 unspecified atom stereocenters. The van der Waals surface area contributed by atoms with Crippen molar-refractivity contribution in [2.75, 3.05) is 26.7 Å². The van der Waals surface area contributed by atoms with Gasteiger partial charge in [-0.25, -0.2) is 0 Å². The Morgan fingerprint density at radius 2 is 1.95 bits per heavy atom. The predicted molar refractivity (Wildman–Crippen MR) is 83.2 cm³/mol. The Morgan fingerprint density at radius 1 is 1.21 bits per heavy atom. The van der Waals surface area contributed by atoms with Gasteiger partial charge in [-0.2, -0.15) is 0 Å². The van der Waals surface area contributed by atoms with Crippen LogP contribution in [0.4, 0.5) is 0 Å². The van der Waals surface area contributed by atoms with E-state index in [4.69, 9.17) is 0 Å². The van der Waals surface area contributed by atoms with E-state index in [0.717, 1.165) is 25.7 Å². The molecule has 0 aliphatic heterocycles. The third-order valence-electron chi connectivity index (χ3n) is 3.96. The molecule has 2 heteroatoms. The molecule has 0 aromatic heterocycles. The summed E-state index contributed by atoms with van der Waals surface area (Å²) in [7, 11) is 2.26. The van der Waals surface area contributed by atoms with Crippen molar-refractivity contribution in [1.82, 2.24) is 10.2 Å². The highest BCUT2D eigenvalue weighted by molar-refractivity contribution is 5.48. The van der Waals surface area contributed by atoms with Gasteiger partial charge in [-0.15, -0.1) is 0 Å². The van der Waals surface area contributed by atoms with Crippen molar-refractivity contribution in [1.29, 1.82) is 0 Å². The summed E-state index contributed by atoms with van der Waals surface area (Å²) in [5.74, 6) is 0. The predicted octanol–water partition coefficient (Wildman–Crippen LogP) is 3.16. The fourth-order valence-corrected chi connectivity index (χ4v) is 2.73. The molecular weight excluding hydrogens is 232 g/mol. The quantitative estimate of drug-likeness (QED) is 0.756. The van der Waals surface area contributed by atoms with Crippen LogP contribution in [0.25, 0.3) is 6.08 Å². The normalized spacial score (nSPS) is 16.7. The first-order valence-electron chi connectivity index (χ1n) is 7.49. The Labute approximate surface area is 117 Å². The summed E-state index contributed by atoms with van der Waals surface area (Å²) >= 11 is 0. The van der Waals surface area contributed by atoms with Gasteiger partial charge < -0.3 is 10.2 Å². The van der Waals surface area contributed by atoms with Crippen LogP contribution in [-0.2, 0) is 0 Å². The van der Waals surface area contributed by atoms with Crippen molar-refractivity contribution < 1.29 is 0 Å². The molecule has 1 fully saturated rings. The van der Waals surface area contributed by atoms with E-state index in [-0.39, 0.29) is 0 Å². The van der Waals surface area contributed by atoms with Gasteiger partial charge >= 0.3 is 0 Å². The molecule has 19 heavy (non-hydrogen) atoms. The fourth-order valence-electron chi connectivity index (χ4n) is 2.73. The van der Waals surface area contributed by atoms with Crippen LogP contribution in [0.2, 0.25) is 0 Å². The molecule has 1 saturated carbocycles. The van der Waals surface area contributed by atoms with E-state index in [1.54, 1.807) is 0 Å². The van der Waals surface area contributed by atoms with Gasteiger partial charge in [0.15, 0.2) is 0 Å². The first-order valence-corrected chi connectivity index (χ1v) is 7.49. The molecule has 0 heterocycles. The molecule has 104 valence electrons. The fraction of sp³-hybridized carbons (Fsp3) is 0.529. The number of likely N-dealkylation sites (N-methyl/N-ethyl adjacent to an activating group) is 1.